The van der Waals surface area contributed by atoms with E-state index in [1.807, 2.05) is 48.5 Å². The molecule has 0 saturated heterocycles. The zero-order valence-corrected chi connectivity index (χ0v) is 30.6. The van der Waals surface area contributed by atoms with Gasteiger partial charge >= 0.3 is 0 Å². The van der Waals surface area contributed by atoms with Gasteiger partial charge in [0.15, 0.2) is 10.2 Å². The van der Waals surface area contributed by atoms with E-state index in [2.05, 4.69) is 50.2 Å². The van der Waals surface area contributed by atoms with Crippen LogP contribution in [0.5, 0.6) is 5.75 Å². The van der Waals surface area contributed by atoms with Gasteiger partial charge in [-0.05, 0) is 41.7 Å². The lowest BCUT2D eigenvalue weighted by Gasteiger charge is -2.37. The minimum absolute atomic E-state index is 0.161. The number of ether oxygens (including phenoxy) is 2. The Bertz CT molecular complexity index is 1220. The highest BCUT2D eigenvalue weighted by atomic mass is 32.2. The molecule has 0 saturated carbocycles. The van der Waals surface area contributed by atoms with Crippen molar-refractivity contribution in [1.82, 2.24) is 0 Å². The summed E-state index contributed by atoms with van der Waals surface area (Å²) < 4.78 is 12.6. The van der Waals surface area contributed by atoms with Crippen molar-refractivity contribution in [3.63, 3.8) is 0 Å². The molecule has 47 heavy (non-hydrogen) atoms. The lowest BCUT2D eigenvalue weighted by molar-refractivity contribution is -0.112. The molecule has 3 rings (SSSR count). The van der Waals surface area contributed by atoms with Crippen LogP contribution in [-0.4, -0.2) is 35.0 Å². The smallest absolute Gasteiger partial charge is 0.189 e. The van der Waals surface area contributed by atoms with Crippen LogP contribution >= 0.6 is 23.5 Å². The van der Waals surface area contributed by atoms with Gasteiger partial charge in [0.1, 0.15) is 11.4 Å². The number of carbonyl (C=O) groups excluding carboxylic acids is 2. The van der Waals surface area contributed by atoms with Crippen molar-refractivity contribution >= 4 is 33.8 Å². The van der Waals surface area contributed by atoms with E-state index < -0.39 is 5.60 Å². The zero-order valence-electron chi connectivity index (χ0n) is 28.9. The van der Waals surface area contributed by atoms with Gasteiger partial charge in [-0.2, -0.15) is 0 Å². The maximum absolute atomic E-state index is 13.3. The summed E-state index contributed by atoms with van der Waals surface area (Å²) in [5.41, 5.74) is 2.07. The van der Waals surface area contributed by atoms with E-state index in [4.69, 9.17) is 9.47 Å². The number of hydrogen-bond donors (Lipinski definition) is 0. The Hall–Kier alpha value is -2.54. The summed E-state index contributed by atoms with van der Waals surface area (Å²) in [4.78, 5) is 26.2. The van der Waals surface area contributed by atoms with Crippen LogP contribution in [0.1, 0.15) is 120 Å². The van der Waals surface area contributed by atoms with E-state index in [1.54, 1.807) is 7.11 Å². The molecule has 0 aliphatic rings. The predicted molar refractivity (Wildman–Crippen MR) is 202 cm³/mol. The van der Waals surface area contributed by atoms with Crippen molar-refractivity contribution in [3.8, 4) is 5.75 Å². The number of rotatable bonds is 24. The first-order chi connectivity index (χ1) is 23.0. The van der Waals surface area contributed by atoms with Gasteiger partial charge in [-0.1, -0.05) is 174 Å². The van der Waals surface area contributed by atoms with Crippen LogP contribution in [0.15, 0.2) is 84.9 Å². The monoisotopic (exact) mass is 676 g/mol. The summed E-state index contributed by atoms with van der Waals surface area (Å²) in [7, 11) is 1.67. The molecule has 0 aliphatic heterocycles. The molecule has 0 amide bonds. The number of benzene rings is 3. The van der Waals surface area contributed by atoms with Gasteiger partial charge in [0.2, 0.25) is 0 Å². The third-order valence-electron chi connectivity index (χ3n) is 8.54. The second-order valence-corrected chi connectivity index (χ2v) is 14.7. The molecule has 0 bridgehead atoms. The molecular weight excluding hydrogens is 621 g/mol. The molecule has 0 heterocycles. The standard InChI is InChI=1S/C41H56O4S2/c1-4-6-8-10-12-20-26-39(42)46-33-38(47-40(43)27-21-13-11-9-7-5-2)32-45-41(34-22-16-14-17-23-34,35-24-18-15-19-25-35)36-28-30-37(44-3)31-29-36/h14-19,22-25,28-31,38H,4-13,20-21,26-27,32-33H2,1-3H3/t38-/m0/s1. The van der Waals surface area contributed by atoms with Crippen LogP contribution in [0, 0.1) is 0 Å². The first-order valence-electron chi connectivity index (χ1n) is 17.8. The van der Waals surface area contributed by atoms with E-state index in [-0.39, 0.29) is 15.5 Å². The highest BCUT2D eigenvalue weighted by molar-refractivity contribution is 8.17. The Labute approximate surface area is 293 Å². The molecule has 6 heteroatoms. The largest absolute Gasteiger partial charge is 0.497 e. The SMILES string of the molecule is CCCCCCCCC(=O)SC[C@H](COC(c1ccccc1)(c1ccccc1)c1ccc(OC)cc1)SC(=O)CCCCCCCC. The fourth-order valence-electron chi connectivity index (χ4n) is 5.86. The van der Waals surface area contributed by atoms with Crippen LogP contribution in [0.4, 0.5) is 0 Å². The molecule has 0 unspecified atom stereocenters. The molecule has 0 fully saturated rings. The Balaban J connectivity index is 1.81. The molecule has 0 N–H and O–H groups in total. The molecular formula is C41H56O4S2. The van der Waals surface area contributed by atoms with E-state index in [0.717, 1.165) is 48.1 Å². The summed E-state index contributed by atoms with van der Waals surface area (Å²) in [6.07, 6.45) is 15.0. The summed E-state index contributed by atoms with van der Waals surface area (Å²) in [5, 5.41) is 0.237. The third-order valence-corrected chi connectivity index (χ3v) is 10.9. The minimum Gasteiger partial charge on any atom is -0.497 e. The van der Waals surface area contributed by atoms with Crippen LogP contribution in [0.25, 0.3) is 0 Å². The van der Waals surface area contributed by atoms with Crippen LogP contribution in [0.2, 0.25) is 0 Å². The quantitative estimate of drug-likeness (QED) is 0.0695. The number of hydrogen-bond acceptors (Lipinski definition) is 6. The van der Waals surface area contributed by atoms with Gasteiger partial charge in [-0.25, -0.2) is 0 Å². The minimum atomic E-state index is -0.914. The number of methoxy groups -OCH3 is 1. The lowest BCUT2D eigenvalue weighted by Crippen LogP contribution is -2.36. The number of thioether (sulfide) groups is 2. The average molecular weight is 677 g/mol. The third kappa shape index (κ3) is 13.5. The molecule has 4 nitrogen and oxygen atoms in total. The average Bonchev–Trinajstić information content (AvgIpc) is 3.11. The molecule has 0 aliphatic carbocycles. The van der Waals surface area contributed by atoms with Crippen molar-refractivity contribution in [2.24, 2.45) is 0 Å². The summed E-state index contributed by atoms with van der Waals surface area (Å²) in [6.45, 7) is 4.76. The first kappa shape index (κ1) is 38.9. The summed E-state index contributed by atoms with van der Waals surface area (Å²) in [6, 6.07) is 28.6. The Morgan fingerprint density at radius 2 is 1.09 bits per heavy atom. The number of carbonyl (C=O) groups is 2. The molecule has 1 atom stereocenters. The highest BCUT2D eigenvalue weighted by Crippen LogP contribution is 2.42. The van der Waals surface area contributed by atoms with Crippen molar-refractivity contribution in [2.75, 3.05) is 19.5 Å². The van der Waals surface area contributed by atoms with Gasteiger partial charge < -0.3 is 9.47 Å². The highest BCUT2D eigenvalue weighted by Gasteiger charge is 2.38. The van der Waals surface area contributed by atoms with E-state index in [9.17, 15) is 9.59 Å². The Morgan fingerprint density at radius 1 is 0.617 bits per heavy atom. The summed E-state index contributed by atoms with van der Waals surface area (Å²) in [5.74, 6) is 1.32. The van der Waals surface area contributed by atoms with Gasteiger partial charge in [0, 0.05) is 23.8 Å². The second kappa shape index (κ2) is 22.9. The van der Waals surface area contributed by atoms with Crippen LogP contribution in [0.3, 0.4) is 0 Å². The van der Waals surface area contributed by atoms with Crippen molar-refractivity contribution in [1.29, 1.82) is 0 Å². The van der Waals surface area contributed by atoms with E-state index >= 15 is 0 Å². The molecule has 0 spiro atoms. The molecule has 0 radical (unpaired) electrons. The van der Waals surface area contributed by atoms with Gasteiger partial charge in [-0.15, -0.1) is 0 Å². The molecule has 256 valence electrons. The van der Waals surface area contributed by atoms with E-state index in [1.165, 1.54) is 74.9 Å². The van der Waals surface area contributed by atoms with E-state index in [0.29, 0.717) is 25.2 Å². The van der Waals surface area contributed by atoms with Crippen LogP contribution in [-0.2, 0) is 19.9 Å². The maximum Gasteiger partial charge on any atom is 0.189 e. The Morgan fingerprint density at radius 3 is 1.60 bits per heavy atom. The second-order valence-electron chi connectivity index (χ2n) is 12.3. The fraction of sp³-hybridized carbons (Fsp3) is 0.512. The molecule has 3 aromatic rings. The van der Waals surface area contributed by atoms with Gasteiger partial charge in [0.25, 0.3) is 0 Å². The topological polar surface area (TPSA) is 52.6 Å². The molecule has 3 aromatic carbocycles. The van der Waals surface area contributed by atoms with Gasteiger partial charge in [-0.3, -0.25) is 9.59 Å². The predicted octanol–water partition coefficient (Wildman–Crippen LogP) is 11.4. The maximum atomic E-state index is 13.3. The molecule has 0 aromatic heterocycles. The van der Waals surface area contributed by atoms with Crippen molar-refractivity contribution in [3.05, 3.63) is 102 Å². The number of unbranched alkanes of at least 4 members (excludes halogenated alkanes) is 10. The Kier molecular flexibility index (Phi) is 19.0. The zero-order chi connectivity index (χ0) is 33.6. The van der Waals surface area contributed by atoms with Crippen molar-refractivity contribution in [2.45, 2.75) is 115 Å². The first-order valence-corrected chi connectivity index (χ1v) is 19.6. The summed E-state index contributed by atoms with van der Waals surface area (Å²) >= 11 is 2.73. The van der Waals surface area contributed by atoms with Crippen LogP contribution < -0.4 is 4.74 Å². The van der Waals surface area contributed by atoms with Crippen molar-refractivity contribution < 1.29 is 19.1 Å². The lowest BCUT2D eigenvalue weighted by atomic mass is 9.80. The normalized spacial score (nSPS) is 12.1. The fourth-order valence-corrected chi connectivity index (χ4v) is 7.86. The van der Waals surface area contributed by atoms with Gasteiger partial charge in [0.05, 0.1) is 13.7 Å².